The Bertz CT molecular complexity index is 910. The van der Waals surface area contributed by atoms with Gasteiger partial charge in [0.25, 0.3) is 0 Å². The molecule has 1 heterocycles. The summed E-state index contributed by atoms with van der Waals surface area (Å²) >= 11 is 19.4. The number of thioether (sulfide) groups is 1. The average molecular weight is 425 g/mol. The Labute approximate surface area is 170 Å². The van der Waals surface area contributed by atoms with Crippen molar-refractivity contribution in [3.8, 4) is 0 Å². The van der Waals surface area contributed by atoms with Crippen LogP contribution in [-0.4, -0.2) is 23.0 Å². The Morgan fingerprint density at radius 3 is 2.62 bits per heavy atom. The number of nitrogens with zero attached hydrogens (tertiary/aromatic N) is 3. The molecule has 1 aliphatic heterocycles. The second kappa shape index (κ2) is 8.73. The number of anilines is 1. The molecular weight excluding hydrogens is 413 g/mol. The van der Waals surface area contributed by atoms with Crippen LogP contribution in [0.1, 0.15) is 5.56 Å². The van der Waals surface area contributed by atoms with Gasteiger partial charge in [0.1, 0.15) is 0 Å². The highest BCUT2D eigenvalue weighted by atomic mass is 35.5. The van der Waals surface area contributed by atoms with Gasteiger partial charge in [-0.1, -0.05) is 64.8 Å². The van der Waals surface area contributed by atoms with Gasteiger partial charge in [0.05, 0.1) is 17.7 Å². The van der Waals surface area contributed by atoms with Crippen LogP contribution >= 0.6 is 46.6 Å². The normalized spacial score (nSPS) is 16.9. The summed E-state index contributed by atoms with van der Waals surface area (Å²) in [6.07, 6.45) is 3.10. The maximum Gasteiger partial charge on any atom is 0.243 e. The predicted octanol–water partition coefficient (Wildman–Crippen LogP) is 5.69. The fourth-order valence-electron chi connectivity index (χ4n) is 2.19. The van der Waals surface area contributed by atoms with Gasteiger partial charge in [-0.15, -0.1) is 5.10 Å². The molecule has 2 aromatic carbocycles. The third-order valence-electron chi connectivity index (χ3n) is 3.38. The summed E-state index contributed by atoms with van der Waals surface area (Å²) < 4.78 is 0. The molecule has 1 fully saturated rings. The fourth-order valence-corrected chi connectivity index (χ4v) is 3.51. The molecule has 2 aromatic rings. The molecule has 0 atom stereocenters. The summed E-state index contributed by atoms with van der Waals surface area (Å²) in [7, 11) is 0. The SMILES string of the molecule is O=C1CS/C(=N/N=C/C=C(\Cl)c2ccc(Cl)cc2)N1c1cccc(Cl)c1. The number of rotatable bonds is 4. The van der Waals surface area contributed by atoms with Gasteiger partial charge in [0, 0.05) is 15.1 Å². The maximum absolute atomic E-state index is 12.1. The van der Waals surface area contributed by atoms with Crippen LogP contribution in [0.3, 0.4) is 0 Å². The minimum absolute atomic E-state index is 0.0686. The van der Waals surface area contributed by atoms with Gasteiger partial charge in [-0.05, 0) is 42.0 Å². The summed E-state index contributed by atoms with van der Waals surface area (Å²) in [6, 6.07) is 14.2. The predicted molar refractivity (Wildman–Crippen MR) is 113 cm³/mol. The minimum atomic E-state index is -0.0686. The molecule has 1 aliphatic rings. The number of hydrogen-bond acceptors (Lipinski definition) is 4. The second-order valence-corrected chi connectivity index (χ2v) is 7.39. The zero-order valence-electron chi connectivity index (χ0n) is 13.3. The zero-order valence-corrected chi connectivity index (χ0v) is 16.4. The molecule has 0 aliphatic carbocycles. The summed E-state index contributed by atoms with van der Waals surface area (Å²) in [4.78, 5) is 13.6. The van der Waals surface area contributed by atoms with Crippen molar-refractivity contribution in [2.75, 3.05) is 10.7 Å². The molecule has 0 bridgehead atoms. The van der Waals surface area contributed by atoms with Crippen LogP contribution in [0.25, 0.3) is 5.03 Å². The standard InChI is InChI=1S/C18H12Cl3N3OS/c19-13-6-4-12(5-7-13)16(21)8-9-22-23-18-24(17(25)11-26-18)15-3-1-2-14(20)10-15/h1-10H,11H2/b16-8-,22-9+,23-18+. The van der Waals surface area contributed by atoms with E-state index in [1.165, 1.54) is 22.9 Å². The van der Waals surface area contributed by atoms with Crippen molar-refractivity contribution in [3.05, 3.63) is 70.2 Å². The lowest BCUT2D eigenvalue weighted by molar-refractivity contribution is -0.115. The smallest absolute Gasteiger partial charge is 0.243 e. The number of carbonyl (C=O) groups is 1. The van der Waals surface area contributed by atoms with Crippen LogP contribution < -0.4 is 4.90 Å². The summed E-state index contributed by atoms with van der Waals surface area (Å²) in [6.45, 7) is 0. The number of halogens is 3. The van der Waals surface area contributed by atoms with Gasteiger partial charge in [0.15, 0.2) is 5.17 Å². The molecule has 1 amide bonds. The Kier molecular flexibility index (Phi) is 6.38. The first-order valence-electron chi connectivity index (χ1n) is 7.48. The van der Waals surface area contributed by atoms with E-state index in [1.54, 1.807) is 42.5 Å². The van der Waals surface area contributed by atoms with Crippen LogP contribution in [0.2, 0.25) is 10.0 Å². The number of benzene rings is 2. The first-order valence-corrected chi connectivity index (χ1v) is 9.60. The van der Waals surface area contributed by atoms with Crippen molar-refractivity contribution in [2.24, 2.45) is 10.2 Å². The molecular formula is C18H12Cl3N3OS. The molecule has 0 N–H and O–H groups in total. The third-order valence-corrected chi connectivity index (χ3v) is 5.13. The lowest BCUT2D eigenvalue weighted by Crippen LogP contribution is -2.28. The van der Waals surface area contributed by atoms with E-state index in [4.69, 9.17) is 34.8 Å². The van der Waals surface area contributed by atoms with E-state index >= 15 is 0 Å². The minimum Gasteiger partial charge on any atom is -0.273 e. The number of hydrogen-bond donors (Lipinski definition) is 0. The van der Waals surface area contributed by atoms with Crippen LogP contribution in [0.4, 0.5) is 5.69 Å². The third kappa shape index (κ3) is 4.68. The lowest BCUT2D eigenvalue weighted by atomic mass is 10.2. The first-order chi connectivity index (χ1) is 12.5. The van der Waals surface area contributed by atoms with Crippen LogP contribution in [-0.2, 0) is 4.79 Å². The van der Waals surface area contributed by atoms with E-state index in [2.05, 4.69) is 10.2 Å². The van der Waals surface area contributed by atoms with E-state index in [-0.39, 0.29) is 5.91 Å². The quantitative estimate of drug-likeness (QED) is 0.467. The van der Waals surface area contributed by atoms with Crippen LogP contribution in [0.5, 0.6) is 0 Å². The summed E-state index contributed by atoms with van der Waals surface area (Å²) in [5.74, 6) is 0.239. The molecule has 0 unspecified atom stereocenters. The molecule has 0 spiro atoms. The lowest BCUT2D eigenvalue weighted by Gasteiger charge is -2.15. The highest BCUT2D eigenvalue weighted by Crippen LogP contribution is 2.28. The zero-order chi connectivity index (χ0) is 18.5. The van der Waals surface area contributed by atoms with Crippen molar-refractivity contribution in [1.82, 2.24) is 0 Å². The number of carbonyl (C=O) groups excluding carboxylic acids is 1. The van der Waals surface area contributed by atoms with Crippen molar-refractivity contribution in [3.63, 3.8) is 0 Å². The molecule has 1 saturated heterocycles. The van der Waals surface area contributed by atoms with Gasteiger partial charge in [-0.2, -0.15) is 5.10 Å². The van der Waals surface area contributed by atoms with Crippen molar-refractivity contribution in [2.45, 2.75) is 0 Å². The van der Waals surface area contributed by atoms with Crippen LogP contribution in [0, 0.1) is 0 Å². The van der Waals surface area contributed by atoms with E-state index in [1.807, 2.05) is 12.1 Å². The molecule has 0 saturated carbocycles. The Morgan fingerprint density at radius 1 is 1.12 bits per heavy atom. The molecule has 3 rings (SSSR count). The summed E-state index contributed by atoms with van der Waals surface area (Å²) in [5, 5.41) is 10.3. The van der Waals surface area contributed by atoms with Crippen molar-refractivity contribution < 1.29 is 4.79 Å². The van der Waals surface area contributed by atoms with E-state index in [0.717, 1.165) is 5.56 Å². The first kappa shape index (κ1) is 19.0. The summed E-state index contributed by atoms with van der Waals surface area (Å²) in [5.41, 5.74) is 1.48. The fraction of sp³-hybridized carbons (Fsp3) is 0.0556. The van der Waals surface area contributed by atoms with Gasteiger partial charge < -0.3 is 0 Å². The Morgan fingerprint density at radius 2 is 1.88 bits per heavy atom. The topological polar surface area (TPSA) is 45.0 Å². The Hall–Kier alpha value is -1.79. The number of amides is 1. The van der Waals surface area contributed by atoms with E-state index in [9.17, 15) is 4.79 Å². The van der Waals surface area contributed by atoms with Gasteiger partial charge in [0.2, 0.25) is 5.91 Å². The van der Waals surface area contributed by atoms with Gasteiger partial charge in [-0.3, -0.25) is 9.69 Å². The van der Waals surface area contributed by atoms with E-state index < -0.39 is 0 Å². The highest BCUT2D eigenvalue weighted by molar-refractivity contribution is 8.15. The molecule has 26 heavy (non-hydrogen) atoms. The number of amidine groups is 1. The van der Waals surface area contributed by atoms with E-state index in [0.29, 0.717) is 31.7 Å². The highest BCUT2D eigenvalue weighted by Gasteiger charge is 2.29. The van der Waals surface area contributed by atoms with Crippen molar-refractivity contribution in [1.29, 1.82) is 0 Å². The number of allylic oxidation sites excluding steroid dienone is 1. The monoisotopic (exact) mass is 423 g/mol. The van der Waals surface area contributed by atoms with Gasteiger partial charge >= 0.3 is 0 Å². The Balaban J connectivity index is 1.76. The average Bonchev–Trinajstić information content (AvgIpc) is 2.99. The largest absolute Gasteiger partial charge is 0.273 e. The second-order valence-electron chi connectivity index (χ2n) is 5.17. The molecule has 4 nitrogen and oxygen atoms in total. The maximum atomic E-state index is 12.1. The molecule has 0 aromatic heterocycles. The molecule has 0 radical (unpaired) electrons. The van der Waals surface area contributed by atoms with Crippen molar-refractivity contribution >= 4 is 74.6 Å². The van der Waals surface area contributed by atoms with Crippen LogP contribution in [0.15, 0.2) is 64.8 Å². The molecule has 132 valence electrons. The van der Waals surface area contributed by atoms with Gasteiger partial charge in [-0.25, -0.2) is 0 Å². The molecule has 8 heteroatoms.